The predicted octanol–water partition coefficient (Wildman–Crippen LogP) is 4.27. The maximum Gasteiger partial charge on any atom is 0.129 e. The quantitative estimate of drug-likeness (QED) is 0.823. The number of nitrogens with one attached hydrogen (secondary N) is 1. The second kappa shape index (κ2) is 7.08. The Hall–Kier alpha value is -0.840. The van der Waals surface area contributed by atoms with Gasteiger partial charge in [0, 0.05) is 32.5 Å². The van der Waals surface area contributed by atoms with Crippen molar-refractivity contribution in [1.82, 2.24) is 5.32 Å². The molecule has 0 radical (unpaired) electrons. The van der Waals surface area contributed by atoms with Crippen LogP contribution < -0.4 is 10.1 Å². The van der Waals surface area contributed by atoms with E-state index in [1.165, 1.54) is 14.6 Å². The highest BCUT2D eigenvalue weighted by atomic mass is 32.1. The number of hydrogen-bond donors (Lipinski definition) is 1. The first-order valence-electron chi connectivity index (χ1n) is 6.70. The van der Waals surface area contributed by atoms with E-state index in [1.54, 1.807) is 18.4 Å². The van der Waals surface area contributed by atoms with Crippen LogP contribution >= 0.6 is 22.7 Å². The zero-order valence-electron chi connectivity index (χ0n) is 11.7. The van der Waals surface area contributed by atoms with E-state index < -0.39 is 0 Å². The minimum Gasteiger partial charge on any atom is -0.496 e. The molecule has 4 heteroatoms. The summed E-state index contributed by atoms with van der Waals surface area (Å²) < 4.78 is 5.28. The summed E-state index contributed by atoms with van der Waals surface area (Å²) in [6.07, 6.45) is 2.19. The second-order valence-corrected chi connectivity index (χ2v) is 6.62. The highest BCUT2D eigenvalue weighted by Gasteiger charge is 2.15. The Morgan fingerprint density at radius 2 is 2.05 bits per heavy atom. The van der Waals surface area contributed by atoms with E-state index in [2.05, 4.69) is 42.7 Å². The summed E-state index contributed by atoms with van der Waals surface area (Å²) in [6.45, 7) is 5.35. The minimum absolute atomic E-state index is 0.391. The van der Waals surface area contributed by atoms with Crippen LogP contribution in [0.15, 0.2) is 23.6 Å². The van der Waals surface area contributed by atoms with Crippen molar-refractivity contribution in [2.45, 2.75) is 32.7 Å². The van der Waals surface area contributed by atoms with Crippen molar-refractivity contribution in [3.05, 3.63) is 38.2 Å². The van der Waals surface area contributed by atoms with Crippen LogP contribution in [0.3, 0.4) is 0 Å². The Kier molecular flexibility index (Phi) is 5.43. The van der Waals surface area contributed by atoms with E-state index in [1.807, 2.05) is 11.3 Å². The zero-order chi connectivity index (χ0) is 13.7. The SMILES string of the molecule is CCNC(Cc1ccc(CC)s1)c1cc(OC)cs1. The summed E-state index contributed by atoms with van der Waals surface area (Å²) in [5.41, 5.74) is 0. The lowest BCUT2D eigenvalue weighted by Crippen LogP contribution is -2.21. The number of ether oxygens (including phenoxy) is 1. The first-order chi connectivity index (χ1) is 9.26. The van der Waals surface area contributed by atoms with Gasteiger partial charge in [-0.25, -0.2) is 0 Å². The van der Waals surface area contributed by atoms with E-state index in [-0.39, 0.29) is 0 Å². The molecule has 0 spiro atoms. The predicted molar refractivity (Wildman–Crippen MR) is 84.7 cm³/mol. The fourth-order valence-electron chi connectivity index (χ4n) is 2.07. The molecule has 0 saturated carbocycles. The number of aryl methyl sites for hydroxylation is 1. The summed E-state index contributed by atoms with van der Waals surface area (Å²) in [5.74, 6) is 0.961. The summed E-state index contributed by atoms with van der Waals surface area (Å²) in [5, 5.41) is 5.65. The molecule has 2 aromatic rings. The summed E-state index contributed by atoms with van der Waals surface area (Å²) in [4.78, 5) is 4.27. The van der Waals surface area contributed by atoms with Crippen LogP contribution in [-0.2, 0) is 12.8 Å². The van der Waals surface area contributed by atoms with Crippen LogP contribution in [0.5, 0.6) is 5.75 Å². The van der Waals surface area contributed by atoms with Gasteiger partial charge < -0.3 is 10.1 Å². The van der Waals surface area contributed by atoms with Gasteiger partial charge in [0.05, 0.1) is 7.11 Å². The Labute approximate surface area is 123 Å². The van der Waals surface area contributed by atoms with Gasteiger partial charge in [0.15, 0.2) is 0 Å². The third-order valence-electron chi connectivity index (χ3n) is 3.10. The van der Waals surface area contributed by atoms with E-state index in [4.69, 9.17) is 4.74 Å². The molecule has 1 unspecified atom stereocenters. The van der Waals surface area contributed by atoms with Gasteiger partial charge >= 0.3 is 0 Å². The molecule has 2 aromatic heterocycles. The molecule has 0 amide bonds. The Morgan fingerprint density at radius 1 is 1.26 bits per heavy atom. The third kappa shape index (κ3) is 3.81. The molecule has 0 aliphatic heterocycles. The first-order valence-corrected chi connectivity index (χ1v) is 8.39. The Bertz CT molecular complexity index is 504. The monoisotopic (exact) mass is 295 g/mol. The molecule has 2 rings (SSSR count). The molecule has 0 aliphatic carbocycles. The number of rotatable bonds is 7. The Balaban J connectivity index is 2.10. The standard InChI is InChI=1S/C15H21NOS2/c1-4-12-6-7-13(19-12)9-14(16-5-2)15-8-11(17-3)10-18-15/h6-8,10,14,16H,4-5,9H2,1-3H3. The highest BCUT2D eigenvalue weighted by molar-refractivity contribution is 7.12. The van der Waals surface area contributed by atoms with Gasteiger partial charge in [-0.1, -0.05) is 13.8 Å². The largest absolute Gasteiger partial charge is 0.496 e. The smallest absolute Gasteiger partial charge is 0.129 e. The zero-order valence-corrected chi connectivity index (χ0v) is 13.4. The van der Waals surface area contributed by atoms with Crippen LogP contribution in [0.2, 0.25) is 0 Å². The highest BCUT2D eigenvalue weighted by Crippen LogP contribution is 2.30. The molecule has 2 nitrogen and oxygen atoms in total. The van der Waals surface area contributed by atoms with Gasteiger partial charge in [0.25, 0.3) is 0 Å². The molecule has 0 aromatic carbocycles. The molecule has 1 atom stereocenters. The van der Waals surface area contributed by atoms with E-state index in [0.29, 0.717) is 6.04 Å². The molecule has 0 bridgehead atoms. The molecular formula is C15H21NOS2. The molecule has 0 saturated heterocycles. The van der Waals surface area contributed by atoms with Crippen molar-refractivity contribution in [2.24, 2.45) is 0 Å². The van der Waals surface area contributed by atoms with Crippen molar-refractivity contribution in [3.8, 4) is 5.75 Å². The molecule has 19 heavy (non-hydrogen) atoms. The maximum absolute atomic E-state index is 5.28. The summed E-state index contributed by atoms with van der Waals surface area (Å²) in [6, 6.07) is 7.05. The van der Waals surface area contributed by atoms with E-state index in [9.17, 15) is 0 Å². The maximum atomic E-state index is 5.28. The van der Waals surface area contributed by atoms with Gasteiger partial charge in [-0.05, 0) is 31.2 Å². The lowest BCUT2D eigenvalue weighted by atomic mass is 10.1. The van der Waals surface area contributed by atoms with Crippen LogP contribution in [-0.4, -0.2) is 13.7 Å². The van der Waals surface area contributed by atoms with Crippen LogP contribution in [0.1, 0.15) is 34.5 Å². The third-order valence-corrected chi connectivity index (χ3v) is 5.37. The summed E-state index contributed by atoms with van der Waals surface area (Å²) in [7, 11) is 1.72. The van der Waals surface area contributed by atoms with Crippen molar-refractivity contribution < 1.29 is 4.74 Å². The molecular weight excluding hydrogens is 274 g/mol. The molecule has 1 N–H and O–H groups in total. The van der Waals surface area contributed by atoms with Gasteiger partial charge in [-0.15, -0.1) is 22.7 Å². The number of methoxy groups -OCH3 is 1. The van der Waals surface area contributed by atoms with E-state index in [0.717, 1.165) is 25.1 Å². The normalized spacial score (nSPS) is 12.6. The molecule has 2 heterocycles. The Morgan fingerprint density at radius 3 is 2.63 bits per heavy atom. The van der Waals surface area contributed by atoms with Crippen molar-refractivity contribution in [2.75, 3.05) is 13.7 Å². The average molecular weight is 295 g/mol. The number of likely N-dealkylation sites (N-methyl/N-ethyl adjacent to an activating group) is 1. The van der Waals surface area contributed by atoms with Crippen molar-refractivity contribution >= 4 is 22.7 Å². The number of hydrogen-bond acceptors (Lipinski definition) is 4. The molecule has 0 aliphatic rings. The lowest BCUT2D eigenvalue weighted by molar-refractivity contribution is 0.415. The minimum atomic E-state index is 0.391. The topological polar surface area (TPSA) is 21.3 Å². The second-order valence-electron chi connectivity index (χ2n) is 4.42. The fraction of sp³-hybridized carbons (Fsp3) is 0.467. The first kappa shape index (κ1) is 14.6. The fourth-order valence-corrected chi connectivity index (χ4v) is 4.00. The van der Waals surface area contributed by atoms with Crippen LogP contribution in [0.25, 0.3) is 0 Å². The molecule has 104 valence electrons. The van der Waals surface area contributed by atoms with Crippen molar-refractivity contribution in [1.29, 1.82) is 0 Å². The molecule has 0 fully saturated rings. The average Bonchev–Trinajstić information content (AvgIpc) is 3.06. The van der Waals surface area contributed by atoms with Crippen LogP contribution in [0, 0.1) is 0 Å². The van der Waals surface area contributed by atoms with Gasteiger partial charge in [0.1, 0.15) is 5.75 Å². The lowest BCUT2D eigenvalue weighted by Gasteiger charge is -2.15. The van der Waals surface area contributed by atoms with Gasteiger partial charge in [-0.3, -0.25) is 0 Å². The van der Waals surface area contributed by atoms with Crippen LogP contribution in [0.4, 0.5) is 0 Å². The summed E-state index contributed by atoms with van der Waals surface area (Å²) >= 11 is 3.70. The van der Waals surface area contributed by atoms with Crippen molar-refractivity contribution in [3.63, 3.8) is 0 Å². The van der Waals surface area contributed by atoms with Gasteiger partial charge in [0.2, 0.25) is 0 Å². The van der Waals surface area contributed by atoms with E-state index >= 15 is 0 Å². The number of thiophene rings is 2. The van der Waals surface area contributed by atoms with Gasteiger partial charge in [-0.2, -0.15) is 0 Å².